The highest BCUT2D eigenvalue weighted by molar-refractivity contribution is 6.12. The molecule has 0 unspecified atom stereocenters. The SMILES string of the molecule is CCc1ccc(-c2ccc3ccccc3c2-c2ccc3c(c2)c2ccccc2n3-c2ccccc2)cc1. The number of hydrogen-bond acceptors (Lipinski definition) is 0. The van der Waals surface area contributed by atoms with Crippen molar-refractivity contribution < 1.29 is 0 Å². The highest BCUT2D eigenvalue weighted by Gasteiger charge is 2.16. The quantitative estimate of drug-likeness (QED) is 0.240. The maximum absolute atomic E-state index is 2.39. The summed E-state index contributed by atoms with van der Waals surface area (Å²) in [6, 6.07) is 48.7. The predicted molar refractivity (Wildman–Crippen MR) is 159 cm³/mol. The van der Waals surface area contributed by atoms with Crippen molar-refractivity contribution in [1.29, 1.82) is 0 Å². The van der Waals surface area contributed by atoms with Crippen LogP contribution in [-0.4, -0.2) is 4.57 Å². The van der Waals surface area contributed by atoms with Crippen LogP contribution in [0.4, 0.5) is 0 Å². The summed E-state index contributed by atoms with van der Waals surface area (Å²) in [6.07, 6.45) is 1.05. The first-order valence-corrected chi connectivity index (χ1v) is 13.0. The normalized spacial score (nSPS) is 11.5. The number of nitrogens with zero attached hydrogens (tertiary/aromatic N) is 1. The van der Waals surface area contributed by atoms with E-state index < -0.39 is 0 Å². The molecule has 7 aromatic rings. The van der Waals surface area contributed by atoms with Gasteiger partial charge in [0.25, 0.3) is 0 Å². The predicted octanol–water partition coefficient (Wildman–Crippen LogP) is 9.83. The number of fused-ring (bicyclic) bond motifs is 4. The van der Waals surface area contributed by atoms with E-state index in [2.05, 4.69) is 145 Å². The fourth-order valence-electron chi connectivity index (χ4n) is 5.73. The second kappa shape index (κ2) is 8.80. The summed E-state index contributed by atoms with van der Waals surface area (Å²) in [7, 11) is 0. The Hall–Kier alpha value is -4.62. The van der Waals surface area contributed by atoms with Gasteiger partial charge in [0.2, 0.25) is 0 Å². The minimum atomic E-state index is 1.05. The Bertz CT molecular complexity index is 1890. The molecule has 1 heteroatoms. The molecule has 0 saturated heterocycles. The van der Waals surface area contributed by atoms with Crippen LogP contribution in [0.2, 0.25) is 0 Å². The van der Waals surface area contributed by atoms with Crippen molar-refractivity contribution in [3.63, 3.8) is 0 Å². The summed E-state index contributed by atoms with van der Waals surface area (Å²) in [5, 5.41) is 5.10. The second-order valence-electron chi connectivity index (χ2n) is 9.68. The van der Waals surface area contributed by atoms with Gasteiger partial charge in [-0.05, 0) is 75.3 Å². The topological polar surface area (TPSA) is 4.93 Å². The minimum Gasteiger partial charge on any atom is -0.309 e. The molecule has 0 radical (unpaired) electrons. The van der Waals surface area contributed by atoms with Crippen molar-refractivity contribution in [2.24, 2.45) is 0 Å². The summed E-state index contributed by atoms with van der Waals surface area (Å²) in [4.78, 5) is 0. The van der Waals surface area contributed by atoms with Gasteiger partial charge in [-0.1, -0.05) is 110 Å². The van der Waals surface area contributed by atoms with Crippen LogP contribution in [0.1, 0.15) is 12.5 Å². The van der Waals surface area contributed by atoms with Crippen LogP contribution in [0.3, 0.4) is 0 Å². The van der Waals surface area contributed by atoms with Crippen LogP contribution in [0.5, 0.6) is 0 Å². The average molecular weight is 474 g/mol. The van der Waals surface area contributed by atoms with Gasteiger partial charge in [0.1, 0.15) is 0 Å². The first kappa shape index (κ1) is 21.6. The van der Waals surface area contributed by atoms with Gasteiger partial charge in [-0.15, -0.1) is 0 Å². The zero-order chi connectivity index (χ0) is 24.8. The van der Waals surface area contributed by atoms with Crippen LogP contribution >= 0.6 is 0 Å². The Labute approximate surface area is 217 Å². The van der Waals surface area contributed by atoms with Crippen molar-refractivity contribution in [3.05, 3.63) is 139 Å². The van der Waals surface area contributed by atoms with E-state index in [0.29, 0.717) is 0 Å². The number of para-hydroxylation sites is 2. The van der Waals surface area contributed by atoms with Crippen molar-refractivity contribution in [2.45, 2.75) is 13.3 Å². The second-order valence-corrected chi connectivity index (χ2v) is 9.68. The molecule has 37 heavy (non-hydrogen) atoms. The van der Waals surface area contributed by atoms with E-state index in [1.165, 1.54) is 66.1 Å². The average Bonchev–Trinajstić information content (AvgIpc) is 3.31. The molecule has 6 aromatic carbocycles. The van der Waals surface area contributed by atoms with Gasteiger partial charge >= 0.3 is 0 Å². The lowest BCUT2D eigenvalue weighted by atomic mass is 9.89. The number of hydrogen-bond donors (Lipinski definition) is 0. The largest absolute Gasteiger partial charge is 0.309 e. The zero-order valence-corrected chi connectivity index (χ0v) is 20.9. The molecule has 0 atom stereocenters. The maximum Gasteiger partial charge on any atom is 0.0541 e. The van der Waals surface area contributed by atoms with Crippen molar-refractivity contribution in [3.8, 4) is 27.9 Å². The third kappa shape index (κ3) is 3.55. The monoisotopic (exact) mass is 473 g/mol. The lowest BCUT2D eigenvalue weighted by Gasteiger charge is -2.15. The van der Waals surface area contributed by atoms with E-state index in [-0.39, 0.29) is 0 Å². The summed E-state index contributed by atoms with van der Waals surface area (Å²) in [5.74, 6) is 0. The lowest BCUT2D eigenvalue weighted by molar-refractivity contribution is 1.14. The Balaban J connectivity index is 1.53. The molecule has 7 rings (SSSR count). The summed E-state index contributed by atoms with van der Waals surface area (Å²) in [5.41, 5.74) is 10.1. The molecule has 176 valence electrons. The van der Waals surface area contributed by atoms with Gasteiger partial charge in [0.05, 0.1) is 11.0 Å². The molecular weight excluding hydrogens is 446 g/mol. The molecule has 0 aliphatic rings. The smallest absolute Gasteiger partial charge is 0.0541 e. The Morgan fingerprint density at radius 3 is 2.00 bits per heavy atom. The van der Waals surface area contributed by atoms with E-state index in [9.17, 15) is 0 Å². The Morgan fingerprint density at radius 1 is 0.514 bits per heavy atom. The van der Waals surface area contributed by atoms with E-state index in [1.807, 2.05) is 0 Å². The summed E-state index contributed by atoms with van der Waals surface area (Å²) in [6.45, 7) is 2.21. The van der Waals surface area contributed by atoms with Crippen LogP contribution < -0.4 is 0 Å². The standard InChI is InChI=1S/C36H27N/c1-2-25-16-18-27(19-17-25)31-22-20-26-10-6-7-13-30(26)36(31)28-21-23-35-33(24-28)32-14-8-9-15-34(32)37(35)29-11-4-3-5-12-29/h3-24H,2H2,1H3. The Kier molecular flexibility index (Phi) is 5.15. The molecule has 0 amide bonds. The van der Waals surface area contributed by atoms with Crippen molar-refractivity contribution >= 4 is 32.6 Å². The van der Waals surface area contributed by atoms with Gasteiger partial charge in [-0.25, -0.2) is 0 Å². The van der Waals surface area contributed by atoms with Gasteiger partial charge in [-0.3, -0.25) is 0 Å². The molecular formula is C36H27N. The number of rotatable bonds is 4. The van der Waals surface area contributed by atoms with E-state index in [1.54, 1.807) is 0 Å². The fraction of sp³-hybridized carbons (Fsp3) is 0.0556. The van der Waals surface area contributed by atoms with Gasteiger partial charge in [-0.2, -0.15) is 0 Å². The number of benzene rings is 6. The van der Waals surface area contributed by atoms with E-state index in [4.69, 9.17) is 0 Å². The first-order valence-electron chi connectivity index (χ1n) is 13.0. The zero-order valence-electron chi connectivity index (χ0n) is 20.9. The maximum atomic E-state index is 2.39. The molecule has 0 N–H and O–H groups in total. The third-order valence-corrected chi connectivity index (χ3v) is 7.58. The lowest BCUT2D eigenvalue weighted by Crippen LogP contribution is -1.93. The van der Waals surface area contributed by atoms with Crippen LogP contribution in [0.25, 0.3) is 60.5 Å². The molecule has 1 aromatic heterocycles. The van der Waals surface area contributed by atoms with Gasteiger partial charge in [0.15, 0.2) is 0 Å². The molecule has 0 aliphatic heterocycles. The fourth-order valence-corrected chi connectivity index (χ4v) is 5.73. The van der Waals surface area contributed by atoms with Gasteiger partial charge < -0.3 is 4.57 Å². The molecule has 0 aliphatic carbocycles. The van der Waals surface area contributed by atoms with Gasteiger partial charge in [0, 0.05) is 16.5 Å². The molecule has 0 spiro atoms. The van der Waals surface area contributed by atoms with Crippen molar-refractivity contribution in [1.82, 2.24) is 4.57 Å². The van der Waals surface area contributed by atoms with Crippen LogP contribution in [0, 0.1) is 0 Å². The molecule has 0 saturated carbocycles. The summed E-state index contributed by atoms with van der Waals surface area (Å²) < 4.78 is 2.38. The molecule has 1 nitrogen and oxygen atoms in total. The Morgan fingerprint density at radius 2 is 1.19 bits per heavy atom. The molecule has 0 bridgehead atoms. The van der Waals surface area contributed by atoms with Crippen LogP contribution in [-0.2, 0) is 6.42 Å². The minimum absolute atomic E-state index is 1.05. The van der Waals surface area contributed by atoms with Crippen LogP contribution in [0.15, 0.2) is 133 Å². The molecule has 1 heterocycles. The number of aromatic nitrogens is 1. The first-order chi connectivity index (χ1) is 18.3. The van der Waals surface area contributed by atoms with E-state index in [0.717, 1.165) is 6.42 Å². The number of aryl methyl sites for hydroxylation is 1. The highest BCUT2D eigenvalue weighted by atomic mass is 15.0. The van der Waals surface area contributed by atoms with E-state index >= 15 is 0 Å². The molecule has 0 fully saturated rings. The summed E-state index contributed by atoms with van der Waals surface area (Å²) >= 11 is 0. The highest BCUT2D eigenvalue weighted by Crippen LogP contribution is 2.41. The third-order valence-electron chi connectivity index (χ3n) is 7.58. The van der Waals surface area contributed by atoms with Crippen molar-refractivity contribution in [2.75, 3.05) is 0 Å².